The number of thiazole rings is 1. The van der Waals surface area contributed by atoms with Crippen LogP contribution in [-0.4, -0.2) is 35.1 Å². The van der Waals surface area contributed by atoms with E-state index < -0.39 is 0 Å². The molecule has 1 aliphatic carbocycles. The van der Waals surface area contributed by atoms with Gasteiger partial charge in [-0.3, -0.25) is 4.90 Å². The van der Waals surface area contributed by atoms with Crippen molar-refractivity contribution in [2.24, 2.45) is 0 Å². The number of nitrogens with two attached hydrogens (primary N) is 1. The highest BCUT2D eigenvalue weighted by Crippen LogP contribution is 2.33. The highest BCUT2D eigenvalue weighted by Gasteiger charge is 2.34. The van der Waals surface area contributed by atoms with Crippen LogP contribution in [0.15, 0.2) is 17.6 Å². The van der Waals surface area contributed by atoms with E-state index in [1.165, 1.54) is 25.8 Å². The normalized spacial score (nSPS) is 24.1. The largest absolute Gasteiger partial charge is 0.395 e. The predicted octanol–water partition coefficient (Wildman–Crippen LogP) is 2.53. The molecule has 19 heavy (non-hydrogen) atoms. The van der Waals surface area contributed by atoms with Crippen LogP contribution in [0.25, 0.3) is 10.2 Å². The molecule has 4 nitrogen and oxygen atoms in total. The second kappa shape index (κ2) is 4.35. The Morgan fingerprint density at radius 2 is 2.21 bits per heavy atom. The van der Waals surface area contributed by atoms with Crippen LogP contribution in [0.2, 0.25) is 0 Å². The van der Waals surface area contributed by atoms with Crippen LogP contribution in [0.5, 0.6) is 0 Å². The first-order chi connectivity index (χ1) is 9.31. The highest BCUT2D eigenvalue weighted by molar-refractivity contribution is 7.16. The van der Waals surface area contributed by atoms with Gasteiger partial charge in [-0.15, -0.1) is 11.3 Å². The lowest BCUT2D eigenvalue weighted by Crippen LogP contribution is -2.27. The van der Waals surface area contributed by atoms with Crippen LogP contribution in [0, 0.1) is 0 Å². The van der Waals surface area contributed by atoms with Gasteiger partial charge in [0.1, 0.15) is 5.52 Å². The van der Waals surface area contributed by atoms with Gasteiger partial charge in [-0.25, -0.2) is 4.98 Å². The van der Waals surface area contributed by atoms with Crippen LogP contribution < -0.4 is 11.1 Å². The van der Waals surface area contributed by atoms with Crippen molar-refractivity contribution in [3.8, 4) is 0 Å². The molecule has 1 saturated carbocycles. The number of fused-ring (bicyclic) bond motifs is 1. The first-order valence-corrected chi connectivity index (χ1v) is 7.81. The number of hydrogen-bond donors (Lipinski definition) is 2. The molecule has 2 aliphatic rings. The van der Waals surface area contributed by atoms with E-state index in [2.05, 4.69) is 27.3 Å². The van der Waals surface area contributed by atoms with Crippen LogP contribution in [-0.2, 0) is 0 Å². The smallest absolute Gasteiger partial charge is 0.106 e. The van der Waals surface area contributed by atoms with E-state index in [4.69, 9.17) is 5.73 Å². The number of nitrogens with zero attached hydrogens (tertiary/aromatic N) is 2. The van der Waals surface area contributed by atoms with Gasteiger partial charge in [-0.2, -0.15) is 0 Å². The summed E-state index contributed by atoms with van der Waals surface area (Å²) in [5.74, 6) is 0. The summed E-state index contributed by atoms with van der Waals surface area (Å²) in [5, 5.41) is 3.60. The van der Waals surface area contributed by atoms with E-state index in [1.807, 2.05) is 5.51 Å². The van der Waals surface area contributed by atoms with Crippen molar-refractivity contribution in [1.82, 2.24) is 9.88 Å². The SMILES string of the molecule is Nc1c(NC2CCN(C3CC3)C2)ccc2scnc12. The summed E-state index contributed by atoms with van der Waals surface area (Å²) >= 11 is 1.64. The number of benzene rings is 1. The molecule has 1 aromatic carbocycles. The first-order valence-electron chi connectivity index (χ1n) is 6.93. The van der Waals surface area contributed by atoms with Gasteiger partial charge < -0.3 is 11.1 Å². The van der Waals surface area contributed by atoms with Crippen LogP contribution in [0.3, 0.4) is 0 Å². The van der Waals surface area contributed by atoms with Gasteiger partial charge in [-0.1, -0.05) is 0 Å². The maximum Gasteiger partial charge on any atom is 0.106 e. The van der Waals surface area contributed by atoms with E-state index in [0.717, 1.165) is 34.2 Å². The van der Waals surface area contributed by atoms with E-state index in [1.54, 1.807) is 11.3 Å². The van der Waals surface area contributed by atoms with Crippen molar-refractivity contribution < 1.29 is 0 Å². The van der Waals surface area contributed by atoms with Crippen molar-refractivity contribution in [1.29, 1.82) is 0 Å². The number of hydrogen-bond acceptors (Lipinski definition) is 5. The van der Waals surface area contributed by atoms with Crippen molar-refractivity contribution >= 4 is 32.9 Å². The molecule has 4 rings (SSSR count). The lowest BCUT2D eigenvalue weighted by molar-refractivity contribution is 0.326. The molecule has 3 N–H and O–H groups in total. The number of rotatable bonds is 3. The summed E-state index contributed by atoms with van der Waals surface area (Å²) in [7, 11) is 0. The van der Waals surface area contributed by atoms with Gasteiger partial charge in [0.15, 0.2) is 0 Å². The molecular formula is C14H18N4S. The fourth-order valence-electron chi connectivity index (χ4n) is 2.97. The van der Waals surface area contributed by atoms with Gasteiger partial charge in [0, 0.05) is 25.2 Å². The Labute approximate surface area is 116 Å². The molecule has 0 spiro atoms. The van der Waals surface area contributed by atoms with Crippen molar-refractivity contribution in [2.75, 3.05) is 24.1 Å². The van der Waals surface area contributed by atoms with Gasteiger partial charge in [-0.05, 0) is 31.4 Å². The Kier molecular flexibility index (Phi) is 2.63. The third kappa shape index (κ3) is 2.07. The van der Waals surface area contributed by atoms with E-state index in [-0.39, 0.29) is 0 Å². The summed E-state index contributed by atoms with van der Waals surface area (Å²) in [5.41, 5.74) is 10.8. The maximum atomic E-state index is 6.22. The standard InChI is InChI=1S/C14H18N4S/c15-13-11(3-4-12-14(13)16-8-19-12)17-9-5-6-18(7-9)10-1-2-10/h3-4,8-10,17H,1-2,5-7,15H2. The molecule has 1 aliphatic heterocycles. The van der Waals surface area contributed by atoms with E-state index >= 15 is 0 Å². The molecule has 1 aromatic heterocycles. The van der Waals surface area contributed by atoms with Crippen LogP contribution in [0.4, 0.5) is 11.4 Å². The molecule has 100 valence electrons. The minimum atomic E-state index is 0.527. The number of nitrogens with one attached hydrogen (secondary N) is 1. The lowest BCUT2D eigenvalue weighted by atomic mass is 10.2. The maximum absolute atomic E-state index is 6.22. The molecule has 2 aromatic rings. The van der Waals surface area contributed by atoms with Gasteiger partial charge in [0.05, 0.1) is 21.6 Å². The van der Waals surface area contributed by atoms with E-state index in [9.17, 15) is 0 Å². The topological polar surface area (TPSA) is 54.2 Å². The molecule has 1 atom stereocenters. The fraction of sp³-hybridized carbons (Fsp3) is 0.500. The molecule has 0 bridgehead atoms. The quantitative estimate of drug-likeness (QED) is 0.845. The average Bonchev–Trinajstić information content (AvgIpc) is 2.98. The molecule has 2 fully saturated rings. The number of likely N-dealkylation sites (tertiary alicyclic amines) is 1. The zero-order valence-electron chi connectivity index (χ0n) is 10.8. The first kappa shape index (κ1) is 11.5. The van der Waals surface area contributed by atoms with Crippen LogP contribution >= 0.6 is 11.3 Å². The second-order valence-corrected chi connectivity index (χ2v) is 6.47. The Balaban J connectivity index is 1.53. The van der Waals surface area contributed by atoms with Gasteiger partial charge >= 0.3 is 0 Å². The predicted molar refractivity (Wildman–Crippen MR) is 80.7 cm³/mol. The minimum absolute atomic E-state index is 0.527. The van der Waals surface area contributed by atoms with Crippen molar-refractivity contribution in [3.05, 3.63) is 17.6 Å². The molecule has 1 saturated heterocycles. The summed E-state index contributed by atoms with van der Waals surface area (Å²) in [6, 6.07) is 5.60. The second-order valence-electron chi connectivity index (χ2n) is 5.58. The zero-order valence-corrected chi connectivity index (χ0v) is 11.6. The zero-order chi connectivity index (χ0) is 12.8. The number of anilines is 2. The Morgan fingerprint density at radius 3 is 3.05 bits per heavy atom. The highest BCUT2D eigenvalue weighted by atomic mass is 32.1. The fourth-order valence-corrected chi connectivity index (χ4v) is 3.67. The lowest BCUT2D eigenvalue weighted by Gasteiger charge is -2.17. The third-order valence-corrected chi connectivity index (χ3v) is 4.98. The summed E-state index contributed by atoms with van der Waals surface area (Å²) in [4.78, 5) is 6.96. The monoisotopic (exact) mass is 274 g/mol. The van der Waals surface area contributed by atoms with Crippen molar-refractivity contribution in [2.45, 2.75) is 31.3 Å². The summed E-state index contributed by atoms with van der Waals surface area (Å²) in [6.45, 7) is 2.38. The molecule has 2 heterocycles. The number of aromatic nitrogens is 1. The third-order valence-electron chi connectivity index (χ3n) is 4.18. The molecule has 1 unspecified atom stereocenters. The average molecular weight is 274 g/mol. The molecule has 0 amide bonds. The molecule has 5 heteroatoms. The summed E-state index contributed by atoms with van der Waals surface area (Å²) in [6.07, 6.45) is 3.99. The van der Waals surface area contributed by atoms with Crippen molar-refractivity contribution in [3.63, 3.8) is 0 Å². The van der Waals surface area contributed by atoms with Gasteiger partial charge in [0.2, 0.25) is 0 Å². The Morgan fingerprint density at radius 1 is 1.32 bits per heavy atom. The summed E-state index contributed by atoms with van der Waals surface area (Å²) < 4.78 is 1.16. The van der Waals surface area contributed by atoms with E-state index in [0.29, 0.717) is 6.04 Å². The minimum Gasteiger partial charge on any atom is -0.395 e. The Hall–Kier alpha value is -1.33. The number of nitrogen functional groups attached to an aromatic ring is 1. The molecular weight excluding hydrogens is 256 g/mol. The Bertz CT molecular complexity index is 605. The molecule has 0 radical (unpaired) electrons. The van der Waals surface area contributed by atoms with Crippen LogP contribution in [0.1, 0.15) is 19.3 Å². The van der Waals surface area contributed by atoms with Gasteiger partial charge in [0.25, 0.3) is 0 Å².